The van der Waals surface area contributed by atoms with E-state index in [-0.39, 0.29) is 5.91 Å². The van der Waals surface area contributed by atoms with Crippen LogP contribution in [0, 0.1) is 5.92 Å². The van der Waals surface area contributed by atoms with E-state index >= 15 is 0 Å². The van der Waals surface area contributed by atoms with Crippen molar-refractivity contribution in [3.8, 4) is 0 Å². The molecule has 1 amide bonds. The van der Waals surface area contributed by atoms with Crippen LogP contribution in [0.1, 0.15) is 31.2 Å². The molecular weight excluding hydrogens is 286 g/mol. The van der Waals surface area contributed by atoms with E-state index in [1.54, 1.807) is 0 Å². The summed E-state index contributed by atoms with van der Waals surface area (Å²) in [5, 5.41) is 0. The van der Waals surface area contributed by atoms with Gasteiger partial charge in [-0.3, -0.25) is 4.79 Å². The van der Waals surface area contributed by atoms with Gasteiger partial charge in [-0.25, -0.2) is 0 Å². The third-order valence-corrected chi connectivity index (χ3v) is 5.25. The van der Waals surface area contributed by atoms with Crippen LogP contribution < -0.4 is 5.73 Å². The topological polar surface area (TPSA) is 49.6 Å². The highest BCUT2D eigenvalue weighted by Gasteiger charge is 2.36. The number of rotatable bonds is 6. The van der Waals surface area contributed by atoms with Gasteiger partial charge >= 0.3 is 0 Å². The Morgan fingerprint density at radius 2 is 1.96 bits per heavy atom. The summed E-state index contributed by atoms with van der Waals surface area (Å²) in [6, 6.07) is 11.1. The molecule has 3 aliphatic heterocycles. The molecule has 0 aliphatic carbocycles. The lowest BCUT2D eigenvalue weighted by molar-refractivity contribution is -0.135. The van der Waals surface area contributed by atoms with Gasteiger partial charge in [0.15, 0.2) is 0 Å². The first-order valence-corrected chi connectivity index (χ1v) is 9.02. The molecule has 0 saturated carbocycles. The molecule has 0 spiro atoms. The number of hydrogen-bond donors (Lipinski definition) is 1. The Labute approximate surface area is 139 Å². The maximum atomic E-state index is 12.3. The summed E-state index contributed by atoms with van der Waals surface area (Å²) in [6.45, 7) is 4.74. The average Bonchev–Trinajstić information content (AvgIpc) is 2.87. The smallest absolute Gasteiger partial charge is 0.224 e. The third kappa shape index (κ3) is 4.33. The molecule has 3 heterocycles. The summed E-state index contributed by atoms with van der Waals surface area (Å²) >= 11 is 0. The molecule has 0 radical (unpaired) electrons. The van der Waals surface area contributed by atoms with E-state index < -0.39 is 0 Å². The number of aryl methyl sites for hydroxylation is 1. The summed E-state index contributed by atoms with van der Waals surface area (Å²) in [5.41, 5.74) is 6.98. The first-order chi connectivity index (χ1) is 11.3. The highest BCUT2D eigenvalue weighted by atomic mass is 16.2. The van der Waals surface area contributed by atoms with Crippen LogP contribution in [0.3, 0.4) is 0 Å². The van der Waals surface area contributed by atoms with Crippen LogP contribution in [0.2, 0.25) is 0 Å². The van der Waals surface area contributed by atoms with E-state index in [0.29, 0.717) is 24.9 Å². The minimum atomic E-state index is 0.258. The van der Waals surface area contributed by atoms with Crippen molar-refractivity contribution in [1.29, 1.82) is 0 Å². The largest absolute Gasteiger partial charge is 0.338 e. The van der Waals surface area contributed by atoms with Crippen molar-refractivity contribution in [2.24, 2.45) is 11.7 Å². The van der Waals surface area contributed by atoms with Crippen LogP contribution in [0.25, 0.3) is 0 Å². The number of nitrogens with zero attached hydrogens (tertiary/aromatic N) is 2. The molecule has 4 heteroatoms. The second-order valence-corrected chi connectivity index (χ2v) is 7.03. The maximum absolute atomic E-state index is 12.3. The minimum absolute atomic E-state index is 0.258. The van der Waals surface area contributed by atoms with Crippen molar-refractivity contribution in [2.75, 3.05) is 32.7 Å². The Kier molecular flexibility index (Phi) is 5.68. The van der Waals surface area contributed by atoms with E-state index in [2.05, 4.69) is 40.1 Å². The van der Waals surface area contributed by atoms with E-state index in [0.717, 1.165) is 39.0 Å². The Balaban J connectivity index is 1.51. The fraction of sp³-hybridized carbons (Fsp3) is 0.632. The average molecular weight is 315 g/mol. The Morgan fingerprint density at radius 3 is 2.74 bits per heavy atom. The molecule has 4 rings (SSSR count). The number of amides is 1. The van der Waals surface area contributed by atoms with Gasteiger partial charge in [-0.15, -0.1) is 0 Å². The molecule has 1 aromatic rings. The Bertz CT molecular complexity index is 505. The second-order valence-electron chi connectivity index (χ2n) is 7.03. The minimum Gasteiger partial charge on any atom is -0.338 e. The van der Waals surface area contributed by atoms with Gasteiger partial charge in [-0.1, -0.05) is 30.3 Å². The standard InChI is InChI=1S/C19H29N3O/c20-11-10-19(23)22-14-17-8-9-18(22)15-21(13-17)12-4-7-16-5-2-1-3-6-16/h1-3,5-6,17-18H,4,7-15,20H2/t17-,18+/m0/s1. The van der Waals surface area contributed by atoms with Gasteiger partial charge in [0.1, 0.15) is 0 Å². The molecule has 0 unspecified atom stereocenters. The van der Waals surface area contributed by atoms with Crippen molar-refractivity contribution >= 4 is 5.91 Å². The first-order valence-electron chi connectivity index (χ1n) is 9.02. The molecule has 3 fully saturated rings. The molecular formula is C19H29N3O. The summed E-state index contributed by atoms with van der Waals surface area (Å²) in [7, 11) is 0. The molecule has 2 atom stereocenters. The van der Waals surface area contributed by atoms with Crippen molar-refractivity contribution in [2.45, 2.75) is 38.1 Å². The Morgan fingerprint density at radius 1 is 1.13 bits per heavy atom. The van der Waals surface area contributed by atoms with E-state index in [1.165, 1.54) is 18.4 Å². The zero-order valence-electron chi connectivity index (χ0n) is 14.0. The SMILES string of the molecule is NCCC(=O)N1C[C@H]2CC[C@@H]1CN(CCCc1ccccc1)C2. The van der Waals surface area contributed by atoms with Gasteiger partial charge in [0, 0.05) is 38.6 Å². The second kappa shape index (κ2) is 7.93. The number of carbonyl (C=O) groups excluding carboxylic acids is 1. The fourth-order valence-electron chi connectivity index (χ4n) is 4.09. The summed E-state index contributed by atoms with van der Waals surface area (Å²) in [6.07, 6.45) is 5.27. The zero-order valence-corrected chi connectivity index (χ0v) is 14.0. The molecule has 4 nitrogen and oxygen atoms in total. The van der Waals surface area contributed by atoms with Crippen molar-refractivity contribution in [3.05, 3.63) is 35.9 Å². The first kappa shape index (κ1) is 16.5. The van der Waals surface area contributed by atoms with Gasteiger partial charge < -0.3 is 15.5 Å². The predicted molar refractivity (Wildman–Crippen MR) is 93.1 cm³/mol. The van der Waals surface area contributed by atoms with Crippen molar-refractivity contribution in [3.63, 3.8) is 0 Å². The number of hydrogen-bond acceptors (Lipinski definition) is 3. The predicted octanol–water partition coefficient (Wildman–Crippen LogP) is 1.89. The van der Waals surface area contributed by atoms with Crippen LogP contribution in [0.15, 0.2) is 30.3 Å². The highest BCUT2D eigenvalue weighted by Crippen LogP contribution is 2.28. The lowest BCUT2D eigenvalue weighted by Gasteiger charge is -2.36. The summed E-state index contributed by atoms with van der Waals surface area (Å²) in [5.74, 6) is 0.903. The normalized spacial score (nSPS) is 24.7. The van der Waals surface area contributed by atoms with Crippen LogP contribution in [0.5, 0.6) is 0 Å². The van der Waals surface area contributed by atoms with E-state index in [4.69, 9.17) is 5.73 Å². The van der Waals surface area contributed by atoms with Gasteiger partial charge in [0.05, 0.1) is 0 Å². The molecule has 2 N–H and O–H groups in total. The highest BCUT2D eigenvalue weighted by molar-refractivity contribution is 5.77. The number of fused-ring (bicyclic) bond motifs is 4. The van der Waals surface area contributed by atoms with Crippen LogP contribution in [-0.2, 0) is 11.2 Å². The number of piperidine rings is 1. The molecule has 1 aromatic carbocycles. The van der Waals surface area contributed by atoms with E-state index in [9.17, 15) is 4.79 Å². The molecule has 0 aromatic heterocycles. The monoisotopic (exact) mass is 315 g/mol. The summed E-state index contributed by atoms with van der Waals surface area (Å²) < 4.78 is 0. The number of nitrogens with two attached hydrogens (primary N) is 1. The van der Waals surface area contributed by atoms with Crippen LogP contribution in [0.4, 0.5) is 0 Å². The fourth-order valence-corrected chi connectivity index (χ4v) is 4.09. The van der Waals surface area contributed by atoms with Crippen molar-refractivity contribution < 1.29 is 4.79 Å². The van der Waals surface area contributed by atoms with Gasteiger partial charge in [0.2, 0.25) is 5.91 Å². The van der Waals surface area contributed by atoms with Crippen LogP contribution >= 0.6 is 0 Å². The van der Waals surface area contributed by atoms with Gasteiger partial charge in [-0.05, 0) is 43.7 Å². The van der Waals surface area contributed by atoms with Gasteiger partial charge in [-0.2, -0.15) is 0 Å². The molecule has 2 bridgehead atoms. The third-order valence-electron chi connectivity index (χ3n) is 5.25. The van der Waals surface area contributed by atoms with Gasteiger partial charge in [0.25, 0.3) is 0 Å². The molecule has 126 valence electrons. The maximum Gasteiger partial charge on any atom is 0.224 e. The Hall–Kier alpha value is -1.39. The van der Waals surface area contributed by atoms with Crippen molar-refractivity contribution in [1.82, 2.24) is 9.80 Å². The van der Waals surface area contributed by atoms with E-state index in [1.807, 2.05) is 0 Å². The number of benzene rings is 1. The zero-order chi connectivity index (χ0) is 16.1. The summed E-state index contributed by atoms with van der Waals surface area (Å²) in [4.78, 5) is 17.0. The lowest BCUT2D eigenvalue weighted by Crippen LogP contribution is -2.47. The quantitative estimate of drug-likeness (QED) is 0.872. The molecule has 23 heavy (non-hydrogen) atoms. The number of carbonyl (C=O) groups is 1. The van der Waals surface area contributed by atoms with Crippen LogP contribution in [-0.4, -0.2) is 54.5 Å². The molecule has 3 saturated heterocycles. The lowest BCUT2D eigenvalue weighted by atomic mass is 9.95. The molecule has 3 aliphatic rings.